The molecule has 0 fully saturated rings. The van der Waals surface area contributed by atoms with Crippen molar-refractivity contribution in [2.45, 2.75) is 13.8 Å². The van der Waals surface area contributed by atoms with Gasteiger partial charge in [0.2, 0.25) is 0 Å². The van der Waals surface area contributed by atoms with Crippen LogP contribution in [0.1, 0.15) is 25.0 Å². The van der Waals surface area contributed by atoms with E-state index in [4.69, 9.17) is 4.74 Å². The van der Waals surface area contributed by atoms with Gasteiger partial charge in [0.1, 0.15) is 11.6 Å². The molecule has 0 radical (unpaired) electrons. The maximum Gasteiger partial charge on any atom is 0.130 e. The molecule has 2 aromatic rings. The standard InChI is InChI=1S/C15H13FO.C2H6/c1-17-14-10-7-12(8-11-14)6-9-13-4-2-3-5-15(13)16;1-2/h2-11H,1H3;1-2H3/b9-6+;. The first-order chi connectivity index (χ1) is 9.29. The molecule has 0 saturated carbocycles. The maximum atomic E-state index is 13.3. The van der Waals surface area contributed by atoms with E-state index in [0.29, 0.717) is 5.56 Å². The minimum Gasteiger partial charge on any atom is -0.497 e. The predicted molar refractivity (Wildman–Crippen MR) is 79.7 cm³/mol. The van der Waals surface area contributed by atoms with Gasteiger partial charge in [0.15, 0.2) is 0 Å². The summed E-state index contributed by atoms with van der Waals surface area (Å²) in [5.41, 5.74) is 1.59. The van der Waals surface area contributed by atoms with Crippen LogP contribution in [-0.4, -0.2) is 7.11 Å². The van der Waals surface area contributed by atoms with E-state index < -0.39 is 0 Å². The highest BCUT2D eigenvalue weighted by molar-refractivity contribution is 5.70. The van der Waals surface area contributed by atoms with E-state index in [1.54, 1.807) is 25.3 Å². The molecule has 0 unspecified atom stereocenters. The number of benzene rings is 2. The van der Waals surface area contributed by atoms with Crippen LogP contribution in [0, 0.1) is 5.82 Å². The summed E-state index contributed by atoms with van der Waals surface area (Å²) in [7, 11) is 1.63. The molecule has 0 bridgehead atoms. The molecular weight excluding hydrogens is 239 g/mol. The second-order valence-electron chi connectivity index (χ2n) is 3.63. The van der Waals surface area contributed by atoms with E-state index in [9.17, 15) is 4.39 Å². The summed E-state index contributed by atoms with van der Waals surface area (Å²) < 4.78 is 18.4. The summed E-state index contributed by atoms with van der Waals surface area (Å²) in [4.78, 5) is 0. The zero-order valence-corrected chi connectivity index (χ0v) is 11.6. The summed E-state index contributed by atoms with van der Waals surface area (Å²) in [5.74, 6) is 0.602. The SMILES string of the molecule is CC.COc1ccc(/C=C/c2ccccc2F)cc1. The van der Waals surface area contributed by atoms with Crippen LogP contribution < -0.4 is 4.74 Å². The van der Waals surface area contributed by atoms with Crippen molar-refractivity contribution in [2.75, 3.05) is 7.11 Å². The second-order valence-corrected chi connectivity index (χ2v) is 3.63. The lowest BCUT2D eigenvalue weighted by molar-refractivity contribution is 0.415. The van der Waals surface area contributed by atoms with Crippen molar-refractivity contribution in [3.63, 3.8) is 0 Å². The molecule has 0 spiro atoms. The third kappa shape index (κ3) is 4.59. The molecule has 19 heavy (non-hydrogen) atoms. The number of hydrogen-bond donors (Lipinski definition) is 0. The van der Waals surface area contributed by atoms with Crippen molar-refractivity contribution in [3.8, 4) is 5.75 Å². The minimum absolute atomic E-state index is 0.211. The number of halogens is 1. The molecule has 0 amide bonds. The fourth-order valence-corrected chi connectivity index (χ4v) is 1.51. The molecule has 0 N–H and O–H groups in total. The molecule has 0 aliphatic heterocycles. The van der Waals surface area contributed by atoms with E-state index in [-0.39, 0.29) is 5.82 Å². The van der Waals surface area contributed by atoms with Crippen LogP contribution in [0.25, 0.3) is 12.2 Å². The topological polar surface area (TPSA) is 9.23 Å². The minimum atomic E-state index is -0.211. The molecule has 100 valence electrons. The van der Waals surface area contributed by atoms with Crippen molar-refractivity contribution in [1.29, 1.82) is 0 Å². The van der Waals surface area contributed by atoms with Crippen LogP contribution in [-0.2, 0) is 0 Å². The van der Waals surface area contributed by atoms with Crippen molar-refractivity contribution in [3.05, 3.63) is 65.5 Å². The van der Waals surface area contributed by atoms with Crippen molar-refractivity contribution in [1.82, 2.24) is 0 Å². The van der Waals surface area contributed by atoms with Gasteiger partial charge in [-0.15, -0.1) is 0 Å². The van der Waals surface area contributed by atoms with Gasteiger partial charge in [-0.2, -0.15) is 0 Å². The van der Waals surface area contributed by atoms with Gasteiger partial charge in [0.25, 0.3) is 0 Å². The smallest absolute Gasteiger partial charge is 0.130 e. The largest absolute Gasteiger partial charge is 0.497 e. The quantitative estimate of drug-likeness (QED) is 0.701. The van der Waals surface area contributed by atoms with Crippen molar-refractivity contribution >= 4 is 12.2 Å². The van der Waals surface area contributed by atoms with E-state index in [1.165, 1.54) is 6.07 Å². The molecule has 0 saturated heterocycles. The normalized spacial score (nSPS) is 9.89. The molecular formula is C17H19FO. The molecule has 2 heteroatoms. The zero-order chi connectivity index (χ0) is 14.1. The highest BCUT2D eigenvalue weighted by Crippen LogP contribution is 2.15. The molecule has 0 aliphatic rings. The fraction of sp³-hybridized carbons (Fsp3) is 0.176. The van der Waals surface area contributed by atoms with E-state index in [2.05, 4.69) is 0 Å². The first kappa shape index (κ1) is 15.0. The van der Waals surface area contributed by atoms with E-state index in [0.717, 1.165) is 11.3 Å². The average Bonchev–Trinajstić information content (AvgIpc) is 2.49. The van der Waals surface area contributed by atoms with Crippen molar-refractivity contribution < 1.29 is 9.13 Å². The lowest BCUT2D eigenvalue weighted by Crippen LogP contribution is -1.82. The van der Waals surface area contributed by atoms with E-state index >= 15 is 0 Å². The van der Waals surface area contributed by atoms with Gasteiger partial charge in [-0.05, 0) is 23.8 Å². The number of hydrogen-bond acceptors (Lipinski definition) is 1. The van der Waals surface area contributed by atoms with Gasteiger partial charge in [0, 0.05) is 5.56 Å². The Morgan fingerprint density at radius 2 is 1.53 bits per heavy atom. The van der Waals surface area contributed by atoms with Crippen LogP contribution in [0.2, 0.25) is 0 Å². The molecule has 0 heterocycles. The van der Waals surface area contributed by atoms with Gasteiger partial charge in [-0.3, -0.25) is 0 Å². The van der Waals surface area contributed by atoms with Crippen LogP contribution >= 0.6 is 0 Å². The highest BCUT2D eigenvalue weighted by atomic mass is 19.1. The third-order valence-electron chi connectivity index (χ3n) is 2.48. The summed E-state index contributed by atoms with van der Waals surface area (Å²) >= 11 is 0. The van der Waals surface area contributed by atoms with Gasteiger partial charge >= 0.3 is 0 Å². The van der Waals surface area contributed by atoms with E-state index in [1.807, 2.05) is 50.3 Å². The lowest BCUT2D eigenvalue weighted by Gasteiger charge is -1.99. The lowest BCUT2D eigenvalue weighted by atomic mass is 10.1. The Kier molecular flexibility index (Phi) is 6.37. The monoisotopic (exact) mass is 258 g/mol. The fourth-order valence-electron chi connectivity index (χ4n) is 1.51. The van der Waals surface area contributed by atoms with Crippen molar-refractivity contribution in [2.24, 2.45) is 0 Å². The summed E-state index contributed by atoms with van der Waals surface area (Å²) in [5, 5.41) is 0. The van der Waals surface area contributed by atoms with Crippen LogP contribution in [0.3, 0.4) is 0 Å². The first-order valence-corrected chi connectivity index (χ1v) is 6.36. The molecule has 2 aromatic carbocycles. The number of rotatable bonds is 3. The maximum absolute atomic E-state index is 13.3. The average molecular weight is 258 g/mol. The van der Waals surface area contributed by atoms with Crippen LogP contribution in [0.4, 0.5) is 4.39 Å². The summed E-state index contributed by atoms with van der Waals surface area (Å²) in [6, 6.07) is 14.3. The van der Waals surface area contributed by atoms with Gasteiger partial charge in [0.05, 0.1) is 7.11 Å². The Morgan fingerprint density at radius 1 is 0.895 bits per heavy atom. The molecule has 2 rings (SSSR count). The highest BCUT2D eigenvalue weighted by Gasteiger charge is 1.95. The predicted octanol–water partition coefficient (Wildman–Crippen LogP) is 5.03. The Morgan fingerprint density at radius 3 is 2.11 bits per heavy atom. The van der Waals surface area contributed by atoms with Crippen LogP contribution in [0.5, 0.6) is 5.75 Å². The number of ether oxygens (including phenoxy) is 1. The molecule has 1 nitrogen and oxygen atoms in total. The number of methoxy groups -OCH3 is 1. The van der Waals surface area contributed by atoms with Gasteiger partial charge in [-0.1, -0.05) is 56.3 Å². The summed E-state index contributed by atoms with van der Waals surface area (Å²) in [6.07, 6.45) is 3.63. The third-order valence-corrected chi connectivity index (χ3v) is 2.48. The molecule has 0 aliphatic carbocycles. The zero-order valence-electron chi connectivity index (χ0n) is 11.6. The Bertz CT molecular complexity index is 515. The Balaban J connectivity index is 0.000000861. The van der Waals surface area contributed by atoms with Gasteiger partial charge < -0.3 is 4.74 Å². The molecule has 0 aromatic heterocycles. The first-order valence-electron chi connectivity index (χ1n) is 6.36. The van der Waals surface area contributed by atoms with Crippen LogP contribution in [0.15, 0.2) is 48.5 Å². The Hall–Kier alpha value is -2.09. The van der Waals surface area contributed by atoms with Gasteiger partial charge in [-0.25, -0.2) is 4.39 Å². The molecule has 0 atom stereocenters. The Labute approximate surface area is 114 Å². The summed E-state index contributed by atoms with van der Waals surface area (Å²) in [6.45, 7) is 4.00. The second kappa shape index (κ2) is 8.09.